The van der Waals surface area contributed by atoms with E-state index in [4.69, 9.17) is 4.74 Å². The van der Waals surface area contributed by atoms with Crippen LogP contribution in [-0.2, 0) is 19.6 Å². The summed E-state index contributed by atoms with van der Waals surface area (Å²) >= 11 is 0. The van der Waals surface area contributed by atoms with Crippen LogP contribution in [0, 0.1) is 0 Å². The molecule has 0 atom stereocenters. The molecule has 2 rings (SSSR count). The number of hydrogen-bond acceptors (Lipinski definition) is 4. The highest BCUT2D eigenvalue weighted by molar-refractivity contribution is 7.89. The molecule has 0 spiro atoms. The molecule has 0 bridgehead atoms. The van der Waals surface area contributed by atoms with Gasteiger partial charge in [0, 0.05) is 18.8 Å². The number of carbonyl (C=O) groups is 1. The van der Waals surface area contributed by atoms with Gasteiger partial charge in [-0.25, -0.2) is 13.2 Å². The molecule has 0 aliphatic carbocycles. The van der Waals surface area contributed by atoms with Gasteiger partial charge >= 0.3 is 5.97 Å². The van der Waals surface area contributed by atoms with E-state index in [-0.39, 0.29) is 4.90 Å². The Morgan fingerprint density at radius 3 is 2.62 bits per heavy atom. The van der Waals surface area contributed by atoms with Gasteiger partial charge in [0.15, 0.2) is 0 Å². The van der Waals surface area contributed by atoms with Gasteiger partial charge in [-0.05, 0) is 37.1 Å². The van der Waals surface area contributed by atoms with Crippen molar-refractivity contribution in [2.75, 3.05) is 13.2 Å². The number of hydrogen-bond donors (Lipinski definition) is 0. The van der Waals surface area contributed by atoms with Gasteiger partial charge in [0.05, 0.1) is 11.5 Å². The zero-order chi connectivity index (χ0) is 15.3. The first-order valence-corrected chi connectivity index (χ1v) is 8.10. The van der Waals surface area contributed by atoms with Crippen molar-refractivity contribution in [1.29, 1.82) is 0 Å². The van der Waals surface area contributed by atoms with Crippen LogP contribution in [0.4, 0.5) is 0 Å². The Morgan fingerprint density at radius 1 is 1.33 bits per heavy atom. The summed E-state index contributed by atoms with van der Waals surface area (Å²) < 4.78 is 30.9. The van der Waals surface area contributed by atoms with E-state index >= 15 is 0 Å². The van der Waals surface area contributed by atoms with E-state index in [0.29, 0.717) is 19.6 Å². The lowest BCUT2D eigenvalue weighted by molar-refractivity contribution is -0.137. The smallest absolute Gasteiger partial charge is 0.331 e. The highest BCUT2D eigenvalue weighted by Gasteiger charge is 2.23. The Morgan fingerprint density at radius 2 is 2.05 bits per heavy atom. The van der Waals surface area contributed by atoms with Crippen molar-refractivity contribution in [3.8, 4) is 0 Å². The van der Waals surface area contributed by atoms with Crippen molar-refractivity contribution in [1.82, 2.24) is 4.31 Å². The maximum Gasteiger partial charge on any atom is 0.331 e. The lowest BCUT2D eigenvalue weighted by Gasteiger charge is -2.24. The Balaban J connectivity index is 2.14. The predicted octanol–water partition coefficient (Wildman–Crippen LogP) is 2.08. The molecule has 1 aromatic rings. The Bertz CT molecular complexity index is 662. The van der Waals surface area contributed by atoms with Crippen molar-refractivity contribution in [2.45, 2.75) is 18.2 Å². The number of esters is 1. The zero-order valence-corrected chi connectivity index (χ0v) is 12.5. The molecule has 1 aromatic carbocycles. The lowest BCUT2D eigenvalue weighted by atomic mass is 10.1. The molecule has 1 heterocycles. The van der Waals surface area contributed by atoms with Crippen LogP contribution in [0.1, 0.15) is 13.3 Å². The standard InChI is InChI=1S/C15H17NO4S/c1-2-20-15(17)12-13-8-10-16(11-9-13)21(18,19)14-6-4-3-5-7-14/h3-8,10,12H,2,9,11H2,1H3/b13-12-. The fraction of sp³-hybridized carbons (Fsp3) is 0.267. The SMILES string of the molecule is CCOC(=O)/C=C1/C=CN(S(=O)(=O)c2ccccc2)CC1. The van der Waals surface area contributed by atoms with E-state index in [1.54, 1.807) is 43.3 Å². The molecule has 0 unspecified atom stereocenters. The molecule has 0 N–H and O–H groups in total. The van der Waals surface area contributed by atoms with Crippen LogP contribution >= 0.6 is 0 Å². The van der Waals surface area contributed by atoms with Gasteiger partial charge < -0.3 is 4.74 Å². The van der Waals surface area contributed by atoms with Gasteiger partial charge in [0.25, 0.3) is 10.0 Å². The molecule has 0 saturated heterocycles. The number of benzene rings is 1. The second-order valence-corrected chi connectivity index (χ2v) is 6.36. The van der Waals surface area contributed by atoms with Gasteiger partial charge in [0.1, 0.15) is 0 Å². The molecule has 0 amide bonds. The summed E-state index contributed by atoms with van der Waals surface area (Å²) in [4.78, 5) is 11.6. The largest absolute Gasteiger partial charge is 0.463 e. The van der Waals surface area contributed by atoms with E-state index in [2.05, 4.69) is 0 Å². The average Bonchev–Trinajstić information content (AvgIpc) is 2.49. The highest BCUT2D eigenvalue weighted by Crippen LogP contribution is 2.21. The third-order valence-electron chi connectivity index (χ3n) is 3.02. The molecular formula is C15H17NO4S. The fourth-order valence-electron chi connectivity index (χ4n) is 1.96. The van der Waals surface area contributed by atoms with Crippen molar-refractivity contribution >= 4 is 16.0 Å². The summed E-state index contributed by atoms with van der Waals surface area (Å²) in [5.41, 5.74) is 0.757. The summed E-state index contributed by atoms with van der Waals surface area (Å²) in [5.74, 6) is -0.406. The predicted molar refractivity (Wildman–Crippen MR) is 78.8 cm³/mol. The minimum atomic E-state index is -3.52. The average molecular weight is 307 g/mol. The summed E-state index contributed by atoms with van der Waals surface area (Å²) in [6.07, 6.45) is 4.98. The normalized spacial score (nSPS) is 17.0. The van der Waals surface area contributed by atoms with Crippen molar-refractivity contribution in [3.63, 3.8) is 0 Å². The molecule has 0 saturated carbocycles. The van der Waals surface area contributed by atoms with Gasteiger partial charge in [-0.15, -0.1) is 0 Å². The highest BCUT2D eigenvalue weighted by atomic mass is 32.2. The van der Waals surface area contributed by atoms with Crippen LogP contribution in [0.5, 0.6) is 0 Å². The van der Waals surface area contributed by atoms with Gasteiger partial charge in [-0.3, -0.25) is 4.31 Å². The minimum absolute atomic E-state index is 0.257. The quantitative estimate of drug-likeness (QED) is 0.631. The van der Waals surface area contributed by atoms with E-state index in [1.807, 2.05) is 0 Å². The van der Waals surface area contributed by atoms with Gasteiger partial charge in [0.2, 0.25) is 0 Å². The molecule has 0 fully saturated rings. The maximum absolute atomic E-state index is 12.4. The first kappa shape index (κ1) is 15.3. The number of rotatable bonds is 4. The van der Waals surface area contributed by atoms with Gasteiger partial charge in [-0.1, -0.05) is 18.2 Å². The van der Waals surface area contributed by atoms with Crippen LogP contribution in [0.2, 0.25) is 0 Å². The number of ether oxygens (including phenoxy) is 1. The lowest BCUT2D eigenvalue weighted by Crippen LogP contribution is -2.29. The van der Waals surface area contributed by atoms with E-state index in [0.717, 1.165) is 5.57 Å². The topological polar surface area (TPSA) is 63.7 Å². The van der Waals surface area contributed by atoms with E-state index in [1.165, 1.54) is 16.6 Å². The summed E-state index contributed by atoms with van der Waals surface area (Å²) in [5, 5.41) is 0. The molecule has 0 aromatic heterocycles. The molecule has 1 aliphatic rings. The number of sulfonamides is 1. The number of allylic oxidation sites excluding steroid dienone is 1. The second-order valence-electron chi connectivity index (χ2n) is 4.47. The third kappa shape index (κ3) is 3.72. The van der Waals surface area contributed by atoms with Crippen LogP contribution < -0.4 is 0 Å². The Kier molecular flexibility index (Phi) is 4.80. The summed E-state index contributed by atoms with van der Waals surface area (Å²) in [6.45, 7) is 2.36. The molecule has 112 valence electrons. The molecule has 0 radical (unpaired) electrons. The van der Waals surface area contributed by atoms with Crippen LogP contribution in [0.3, 0.4) is 0 Å². The monoisotopic (exact) mass is 307 g/mol. The van der Waals surface area contributed by atoms with Crippen LogP contribution in [0.25, 0.3) is 0 Å². The van der Waals surface area contributed by atoms with Crippen molar-refractivity contribution < 1.29 is 17.9 Å². The van der Waals surface area contributed by atoms with E-state index < -0.39 is 16.0 Å². The van der Waals surface area contributed by atoms with Crippen molar-refractivity contribution in [2.24, 2.45) is 0 Å². The van der Waals surface area contributed by atoms with Crippen molar-refractivity contribution in [3.05, 3.63) is 54.3 Å². The first-order chi connectivity index (χ1) is 10.0. The molecule has 21 heavy (non-hydrogen) atoms. The van der Waals surface area contributed by atoms with Crippen LogP contribution in [0.15, 0.2) is 59.2 Å². The molecule has 5 nitrogen and oxygen atoms in total. The number of nitrogens with zero attached hydrogens (tertiary/aromatic N) is 1. The van der Waals surface area contributed by atoms with E-state index in [9.17, 15) is 13.2 Å². The molecule has 6 heteroatoms. The Hall–Kier alpha value is -2.08. The molecule has 1 aliphatic heterocycles. The Labute approximate surface area is 124 Å². The molecular weight excluding hydrogens is 290 g/mol. The first-order valence-electron chi connectivity index (χ1n) is 6.66. The van der Waals surface area contributed by atoms with Crippen LogP contribution in [-0.4, -0.2) is 31.8 Å². The second kappa shape index (κ2) is 6.58. The third-order valence-corrected chi connectivity index (χ3v) is 4.81. The fourth-order valence-corrected chi connectivity index (χ4v) is 3.28. The van der Waals surface area contributed by atoms with Gasteiger partial charge in [-0.2, -0.15) is 0 Å². The zero-order valence-electron chi connectivity index (χ0n) is 11.7. The number of carbonyl (C=O) groups excluding carboxylic acids is 1. The summed E-state index contributed by atoms with van der Waals surface area (Å²) in [7, 11) is -3.52. The minimum Gasteiger partial charge on any atom is -0.463 e. The summed E-state index contributed by atoms with van der Waals surface area (Å²) in [6, 6.07) is 8.27. The maximum atomic E-state index is 12.4.